The molecule has 2 atom stereocenters. The fourth-order valence-electron chi connectivity index (χ4n) is 2.82. The Morgan fingerprint density at radius 3 is 2.58 bits per heavy atom. The summed E-state index contributed by atoms with van der Waals surface area (Å²) in [6.07, 6.45) is -4.13. The van der Waals surface area contributed by atoms with Crippen molar-refractivity contribution in [1.82, 2.24) is 0 Å². The molecule has 0 fully saturated rings. The van der Waals surface area contributed by atoms with Crippen molar-refractivity contribution >= 4 is 23.1 Å². The lowest BCUT2D eigenvalue weighted by Crippen LogP contribution is -2.47. The van der Waals surface area contributed by atoms with E-state index < -0.39 is 34.0 Å². The van der Waals surface area contributed by atoms with E-state index in [0.29, 0.717) is 17.7 Å². The van der Waals surface area contributed by atoms with Gasteiger partial charge < -0.3 is 10.4 Å². The SMILES string of the molecule is CCSCC(O)(CC)C1Cc2cc([N+](=O)[O-])c(C(F)(F)F)cc2N1. The molecule has 2 N–H and O–H groups in total. The van der Waals surface area contributed by atoms with Gasteiger partial charge in [0.1, 0.15) is 5.56 Å². The molecule has 0 saturated heterocycles. The largest absolute Gasteiger partial charge is 0.423 e. The molecule has 2 unspecified atom stereocenters. The molecule has 0 spiro atoms. The maximum atomic E-state index is 13.1. The molecule has 0 radical (unpaired) electrons. The second-order valence-electron chi connectivity index (χ2n) is 5.78. The number of halogens is 3. The number of nitro benzene ring substituents is 1. The number of benzene rings is 1. The van der Waals surface area contributed by atoms with Gasteiger partial charge in [-0.15, -0.1) is 0 Å². The van der Waals surface area contributed by atoms with Crippen LogP contribution in [0, 0.1) is 10.1 Å². The number of hydrogen-bond acceptors (Lipinski definition) is 5. The van der Waals surface area contributed by atoms with E-state index in [0.717, 1.165) is 17.9 Å². The van der Waals surface area contributed by atoms with Crippen molar-refractivity contribution in [2.45, 2.75) is 44.5 Å². The molecular weight excluding hydrogens is 345 g/mol. The highest BCUT2D eigenvalue weighted by Crippen LogP contribution is 2.43. The third-order valence-corrected chi connectivity index (χ3v) is 5.41. The molecular formula is C15H19F3N2O3S. The van der Waals surface area contributed by atoms with Crippen molar-refractivity contribution in [3.8, 4) is 0 Å². The average molecular weight is 364 g/mol. The van der Waals surface area contributed by atoms with Crippen LogP contribution in [-0.4, -0.2) is 33.2 Å². The van der Waals surface area contributed by atoms with Crippen LogP contribution in [0.25, 0.3) is 0 Å². The second-order valence-corrected chi connectivity index (χ2v) is 7.05. The zero-order valence-electron chi connectivity index (χ0n) is 13.3. The number of nitrogens with one attached hydrogen (secondary N) is 1. The van der Waals surface area contributed by atoms with Crippen LogP contribution >= 0.6 is 11.8 Å². The summed E-state index contributed by atoms with van der Waals surface area (Å²) in [4.78, 5) is 9.96. The monoisotopic (exact) mass is 364 g/mol. The van der Waals surface area contributed by atoms with Crippen molar-refractivity contribution in [2.24, 2.45) is 0 Å². The molecule has 9 heteroatoms. The first-order valence-corrected chi connectivity index (χ1v) is 8.73. The number of hydrogen-bond donors (Lipinski definition) is 2. The Balaban J connectivity index is 2.37. The van der Waals surface area contributed by atoms with Crippen molar-refractivity contribution in [2.75, 3.05) is 16.8 Å². The van der Waals surface area contributed by atoms with Crippen molar-refractivity contribution in [1.29, 1.82) is 0 Å². The minimum Gasteiger partial charge on any atom is -0.387 e. The van der Waals surface area contributed by atoms with E-state index in [2.05, 4.69) is 5.32 Å². The Hall–Kier alpha value is -1.48. The van der Waals surface area contributed by atoms with Crippen LogP contribution < -0.4 is 5.32 Å². The van der Waals surface area contributed by atoms with E-state index in [4.69, 9.17) is 0 Å². The summed E-state index contributed by atoms with van der Waals surface area (Å²) < 4.78 is 39.2. The standard InChI is InChI=1S/C15H19F3N2O3S/c1-3-14(21,8-24-4-2)13-6-9-5-12(20(22)23)10(15(16,17)18)7-11(9)19-13/h5,7,13,19,21H,3-4,6,8H2,1-2H3. The summed E-state index contributed by atoms with van der Waals surface area (Å²) in [5.74, 6) is 1.26. The van der Waals surface area contributed by atoms with Gasteiger partial charge in [-0.3, -0.25) is 10.1 Å². The topological polar surface area (TPSA) is 75.4 Å². The van der Waals surface area contributed by atoms with Gasteiger partial charge in [-0.1, -0.05) is 13.8 Å². The molecule has 0 bridgehead atoms. The van der Waals surface area contributed by atoms with Crippen molar-refractivity contribution in [3.05, 3.63) is 33.4 Å². The maximum absolute atomic E-state index is 13.1. The van der Waals surface area contributed by atoms with E-state index in [-0.39, 0.29) is 12.1 Å². The zero-order chi connectivity index (χ0) is 18.1. The molecule has 0 saturated carbocycles. The lowest BCUT2D eigenvalue weighted by Gasteiger charge is -2.33. The Kier molecular flexibility index (Phi) is 5.34. The van der Waals surface area contributed by atoms with Crippen LogP contribution in [0.3, 0.4) is 0 Å². The fourth-order valence-corrected chi connectivity index (χ4v) is 3.79. The Morgan fingerprint density at radius 2 is 2.08 bits per heavy atom. The van der Waals surface area contributed by atoms with Gasteiger partial charge in [0, 0.05) is 17.5 Å². The number of rotatable bonds is 6. The highest BCUT2D eigenvalue weighted by molar-refractivity contribution is 7.99. The summed E-state index contributed by atoms with van der Waals surface area (Å²) >= 11 is 1.54. The first-order chi connectivity index (χ1) is 11.1. The smallest absolute Gasteiger partial charge is 0.387 e. The predicted molar refractivity (Wildman–Crippen MR) is 87.5 cm³/mol. The molecule has 1 aromatic rings. The Labute approximate surface area is 141 Å². The van der Waals surface area contributed by atoms with Crippen molar-refractivity contribution in [3.63, 3.8) is 0 Å². The van der Waals surface area contributed by atoms with Gasteiger partial charge in [0.15, 0.2) is 0 Å². The van der Waals surface area contributed by atoms with Gasteiger partial charge >= 0.3 is 6.18 Å². The third-order valence-electron chi connectivity index (χ3n) is 4.29. The molecule has 24 heavy (non-hydrogen) atoms. The van der Waals surface area contributed by atoms with Crippen LogP contribution in [-0.2, 0) is 12.6 Å². The molecule has 0 aromatic heterocycles. The van der Waals surface area contributed by atoms with E-state index in [1.54, 1.807) is 11.8 Å². The number of nitrogens with zero attached hydrogens (tertiary/aromatic N) is 1. The summed E-state index contributed by atoms with van der Waals surface area (Å²) in [7, 11) is 0. The number of thioether (sulfide) groups is 1. The van der Waals surface area contributed by atoms with Crippen molar-refractivity contribution < 1.29 is 23.2 Å². The van der Waals surface area contributed by atoms with Gasteiger partial charge in [-0.05, 0) is 30.2 Å². The molecule has 1 aromatic carbocycles. The van der Waals surface area contributed by atoms with Gasteiger partial charge in [0.25, 0.3) is 5.69 Å². The molecule has 1 aliphatic rings. The third kappa shape index (κ3) is 3.61. The maximum Gasteiger partial charge on any atom is 0.423 e. The number of alkyl halides is 3. The molecule has 1 heterocycles. The summed E-state index contributed by atoms with van der Waals surface area (Å²) in [5.41, 5.74) is -2.69. The van der Waals surface area contributed by atoms with Crippen LogP contribution in [0.4, 0.5) is 24.5 Å². The molecule has 134 valence electrons. The van der Waals surface area contributed by atoms with Gasteiger partial charge in [-0.25, -0.2) is 0 Å². The number of anilines is 1. The minimum absolute atomic E-state index is 0.200. The molecule has 1 aliphatic heterocycles. The lowest BCUT2D eigenvalue weighted by molar-refractivity contribution is -0.388. The summed E-state index contributed by atoms with van der Waals surface area (Å²) in [6, 6.07) is 1.27. The Bertz CT molecular complexity index is 639. The molecule has 5 nitrogen and oxygen atoms in total. The van der Waals surface area contributed by atoms with Gasteiger partial charge in [0.2, 0.25) is 0 Å². The van der Waals surface area contributed by atoms with Crippen LogP contribution in [0.1, 0.15) is 31.4 Å². The zero-order valence-corrected chi connectivity index (χ0v) is 14.1. The van der Waals surface area contributed by atoms with E-state index >= 15 is 0 Å². The number of fused-ring (bicyclic) bond motifs is 1. The number of aliphatic hydroxyl groups is 1. The van der Waals surface area contributed by atoms with Crippen LogP contribution in [0.2, 0.25) is 0 Å². The normalized spacial score (nSPS) is 19.5. The van der Waals surface area contributed by atoms with E-state index in [9.17, 15) is 28.4 Å². The van der Waals surface area contributed by atoms with Gasteiger partial charge in [0.05, 0.1) is 16.6 Å². The second kappa shape index (κ2) is 6.79. The lowest BCUT2D eigenvalue weighted by atomic mass is 9.91. The first kappa shape index (κ1) is 18.9. The highest BCUT2D eigenvalue weighted by atomic mass is 32.2. The van der Waals surface area contributed by atoms with E-state index in [1.807, 2.05) is 13.8 Å². The first-order valence-electron chi connectivity index (χ1n) is 7.57. The van der Waals surface area contributed by atoms with Crippen LogP contribution in [0.5, 0.6) is 0 Å². The van der Waals surface area contributed by atoms with E-state index in [1.165, 1.54) is 0 Å². The van der Waals surface area contributed by atoms with Crippen LogP contribution in [0.15, 0.2) is 12.1 Å². The highest BCUT2D eigenvalue weighted by Gasteiger charge is 2.43. The molecule has 0 aliphatic carbocycles. The van der Waals surface area contributed by atoms with Gasteiger partial charge in [-0.2, -0.15) is 24.9 Å². The minimum atomic E-state index is -4.81. The quantitative estimate of drug-likeness (QED) is 0.592. The summed E-state index contributed by atoms with van der Waals surface area (Å²) in [5, 5.41) is 24.7. The Morgan fingerprint density at radius 1 is 1.42 bits per heavy atom. The predicted octanol–water partition coefficient (Wildman–Crippen LogP) is 3.84. The molecule has 2 rings (SSSR count). The fraction of sp³-hybridized carbons (Fsp3) is 0.600. The summed E-state index contributed by atoms with van der Waals surface area (Å²) in [6.45, 7) is 3.76. The number of nitro groups is 1. The molecule has 0 amide bonds. The average Bonchev–Trinajstić information content (AvgIpc) is 2.94.